The number of nitrogens with zero attached hydrogens (tertiary/aromatic N) is 3. The molecule has 8 nitrogen and oxygen atoms in total. The summed E-state index contributed by atoms with van der Waals surface area (Å²) in [5.41, 5.74) is 2.89. The van der Waals surface area contributed by atoms with Crippen LogP contribution >= 0.6 is 0 Å². The van der Waals surface area contributed by atoms with Crippen molar-refractivity contribution in [1.82, 2.24) is 25.1 Å². The summed E-state index contributed by atoms with van der Waals surface area (Å²) in [5.74, 6) is -0.832. The zero-order valence-corrected chi connectivity index (χ0v) is 21.2. The molecule has 1 atom stereocenters. The van der Waals surface area contributed by atoms with Crippen molar-refractivity contribution in [3.05, 3.63) is 64.8 Å². The maximum Gasteiger partial charge on any atom is 0.274 e. The number of hydrogen-bond donors (Lipinski definition) is 2. The Labute approximate surface area is 212 Å². The second-order valence-electron chi connectivity index (χ2n) is 10.5. The first-order chi connectivity index (χ1) is 17.4. The number of fused-ring (bicyclic) bond motifs is 1. The molecule has 36 heavy (non-hydrogen) atoms. The summed E-state index contributed by atoms with van der Waals surface area (Å²) in [7, 11) is 0. The Hall–Kier alpha value is -3.42. The molecule has 1 aromatic carbocycles. The fourth-order valence-corrected chi connectivity index (χ4v) is 5.47. The Morgan fingerprint density at radius 2 is 2.03 bits per heavy atom. The van der Waals surface area contributed by atoms with Crippen LogP contribution in [0.5, 0.6) is 0 Å². The predicted molar refractivity (Wildman–Crippen MR) is 136 cm³/mol. The second-order valence-corrected chi connectivity index (χ2v) is 10.5. The van der Waals surface area contributed by atoms with Crippen molar-refractivity contribution in [2.45, 2.75) is 83.5 Å². The minimum Gasteiger partial charge on any atom is -0.350 e. The van der Waals surface area contributed by atoms with E-state index in [1.54, 1.807) is 9.47 Å². The van der Waals surface area contributed by atoms with E-state index in [1.165, 1.54) is 24.7 Å². The normalized spacial score (nSPS) is 21.6. The lowest BCUT2D eigenvalue weighted by atomic mass is 9.93. The van der Waals surface area contributed by atoms with Gasteiger partial charge in [0.05, 0.1) is 12.9 Å². The van der Waals surface area contributed by atoms with Crippen molar-refractivity contribution >= 4 is 17.7 Å². The SMILES string of the molecule is Cc1cccc(CNC(=O)[C@]2(C)Cn3cnc(C(=O)NCCC4=CCCCC4)c3C(=O)N2C2CC2)c1. The van der Waals surface area contributed by atoms with Crippen LogP contribution in [0.15, 0.2) is 42.2 Å². The van der Waals surface area contributed by atoms with E-state index >= 15 is 0 Å². The Balaban J connectivity index is 1.31. The maximum atomic E-state index is 13.7. The van der Waals surface area contributed by atoms with Gasteiger partial charge in [0.2, 0.25) is 5.91 Å². The van der Waals surface area contributed by atoms with Crippen molar-refractivity contribution in [2.75, 3.05) is 6.54 Å². The van der Waals surface area contributed by atoms with Gasteiger partial charge in [-0.25, -0.2) is 4.98 Å². The Bertz CT molecular complexity index is 1210. The Morgan fingerprint density at radius 1 is 1.19 bits per heavy atom. The summed E-state index contributed by atoms with van der Waals surface area (Å²) in [4.78, 5) is 46.2. The fourth-order valence-electron chi connectivity index (χ4n) is 5.47. The van der Waals surface area contributed by atoms with Gasteiger partial charge in [0, 0.05) is 19.1 Å². The number of carbonyl (C=O) groups is 3. The molecule has 0 spiro atoms. The number of amides is 3. The summed E-state index contributed by atoms with van der Waals surface area (Å²) in [6.45, 7) is 5.01. The number of imidazole rings is 1. The van der Waals surface area contributed by atoms with E-state index in [2.05, 4.69) is 21.7 Å². The number of aromatic nitrogens is 2. The highest BCUT2D eigenvalue weighted by Gasteiger charge is 2.53. The van der Waals surface area contributed by atoms with Gasteiger partial charge in [-0.15, -0.1) is 0 Å². The highest BCUT2D eigenvalue weighted by Crippen LogP contribution is 2.38. The Morgan fingerprint density at radius 3 is 2.75 bits per heavy atom. The van der Waals surface area contributed by atoms with Crippen LogP contribution in [0.4, 0.5) is 0 Å². The molecule has 2 aliphatic carbocycles. The van der Waals surface area contributed by atoms with Crippen LogP contribution < -0.4 is 10.6 Å². The summed E-state index contributed by atoms with van der Waals surface area (Å²) in [6, 6.07) is 8.00. The van der Waals surface area contributed by atoms with E-state index in [-0.39, 0.29) is 41.7 Å². The molecule has 0 bridgehead atoms. The number of carbonyl (C=O) groups excluding carboxylic acids is 3. The first-order valence-corrected chi connectivity index (χ1v) is 13.1. The van der Waals surface area contributed by atoms with Crippen LogP contribution in [-0.2, 0) is 17.9 Å². The van der Waals surface area contributed by atoms with Gasteiger partial charge >= 0.3 is 0 Å². The quantitative estimate of drug-likeness (QED) is 0.555. The molecule has 1 aliphatic heterocycles. The van der Waals surface area contributed by atoms with Crippen molar-refractivity contribution in [1.29, 1.82) is 0 Å². The van der Waals surface area contributed by atoms with E-state index in [4.69, 9.17) is 0 Å². The third-order valence-electron chi connectivity index (χ3n) is 7.54. The molecule has 0 unspecified atom stereocenters. The van der Waals surface area contributed by atoms with Crippen LogP contribution in [0.2, 0.25) is 0 Å². The molecule has 2 N–H and O–H groups in total. The largest absolute Gasteiger partial charge is 0.350 e. The first kappa shape index (κ1) is 24.3. The Kier molecular flexibility index (Phi) is 6.69. The molecule has 0 radical (unpaired) electrons. The number of rotatable bonds is 8. The summed E-state index contributed by atoms with van der Waals surface area (Å²) < 4.78 is 1.67. The maximum absolute atomic E-state index is 13.7. The topological polar surface area (TPSA) is 96.3 Å². The van der Waals surface area contributed by atoms with Gasteiger partial charge in [0.15, 0.2) is 5.69 Å². The average Bonchev–Trinajstić information content (AvgIpc) is 3.60. The van der Waals surface area contributed by atoms with Crippen LogP contribution in [-0.4, -0.2) is 50.3 Å². The lowest BCUT2D eigenvalue weighted by Crippen LogP contribution is -2.64. The molecule has 8 heteroatoms. The van der Waals surface area contributed by atoms with E-state index in [9.17, 15) is 14.4 Å². The number of nitrogens with one attached hydrogen (secondary N) is 2. The van der Waals surface area contributed by atoms with Gasteiger partial charge in [0.25, 0.3) is 11.8 Å². The monoisotopic (exact) mass is 489 g/mol. The lowest BCUT2D eigenvalue weighted by molar-refractivity contribution is -0.133. The molecule has 0 saturated heterocycles. The van der Waals surface area contributed by atoms with Gasteiger partial charge in [-0.2, -0.15) is 0 Å². The standard InChI is InChI=1S/C28H35N5O3/c1-19-7-6-10-21(15-19)16-30-27(36)28(2)17-32-18-31-23(24(32)26(35)33(28)22-11-12-22)25(34)29-14-13-20-8-4-3-5-9-20/h6-8,10,15,18,22H,3-5,9,11-14,16-17H2,1-2H3,(H,29,34)(H,30,36)/t28-/m0/s1. The fraction of sp³-hybridized carbons (Fsp3) is 0.500. The third kappa shape index (κ3) is 4.81. The average molecular weight is 490 g/mol. The smallest absolute Gasteiger partial charge is 0.274 e. The van der Waals surface area contributed by atoms with Crippen molar-refractivity contribution < 1.29 is 14.4 Å². The second kappa shape index (κ2) is 9.91. The number of allylic oxidation sites excluding steroid dienone is 1. The molecule has 1 saturated carbocycles. The van der Waals surface area contributed by atoms with Gasteiger partial charge in [-0.3, -0.25) is 14.4 Å². The minimum absolute atomic E-state index is 0.00465. The zero-order chi connectivity index (χ0) is 25.3. The van der Waals surface area contributed by atoms with Crippen LogP contribution in [0.25, 0.3) is 0 Å². The number of hydrogen-bond acceptors (Lipinski definition) is 4. The van der Waals surface area contributed by atoms with Crippen LogP contribution in [0.1, 0.15) is 84.0 Å². The highest BCUT2D eigenvalue weighted by molar-refractivity contribution is 6.07. The first-order valence-electron chi connectivity index (χ1n) is 13.1. The van der Waals surface area contributed by atoms with Crippen molar-refractivity contribution in [3.8, 4) is 0 Å². The van der Waals surface area contributed by atoms with Gasteiger partial charge < -0.3 is 20.1 Å². The van der Waals surface area contributed by atoms with Gasteiger partial charge in [-0.1, -0.05) is 41.5 Å². The molecule has 1 aromatic heterocycles. The molecule has 2 aromatic rings. The molecular weight excluding hydrogens is 454 g/mol. The molecule has 5 rings (SSSR count). The van der Waals surface area contributed by atoms with E-state index in [0.29, 0.717) is 13.1 Å². The molecule has 3 amide bonds. The van der Waals surface area contributed by atoms with Crippen LogP contribution in [0.3, 0.4) is 0 Å². The van der Waals surface area contributed by atoms with Gasteiger partial charge in [-0.05, 0) is 64.4 Å². The molecule has 3 aliphatic rings. The third-order valence-corrected chi connectivity index (χ3v) is 7.54. The summed E-state index contributed by atoms with van der Waals surface area (Å²) in [6.07, 6.45) is 11.0. The number of aryl methyl sites for hydroxylation is 1. The summed E-state index contributed by atoms with van der Waals surface area (Å²) >= 11 is 0. The molecule has 2 heterocycles. The van der Waals surface area contributed by atoms with E-state index < -0.39 is 5.54 Å². The zero-order valence-electron chi connectivity index (χ0n) is 21.2. The van der Waals surface area contributed by atoms with E-state index in [0.717, 1.165) is 43.2 Å². The highest BCUT2D eigenvalue weighted by atomic mass is 16.2. The predicted octanol–water partition coefficient (Wildman–Crippen LogP) is 3.51. The number of benzene rings is 1. The van der Waals surface area contributed by atoms with Crippen molar-refractivity contribution in [3.63, 3.8) is 0 Å². The minimum atomic E-state index is -1.06. The van der Waals surface area contributed by atoms with E-state index in [1.807, 2.05) is 38.1 Å². The molecule has 1 fully saturated rings. The van der Waals surface area contributed by atoms with Crippen molar-refractivity contribution in [2.24, 2.45) is 0 Å². The summed E-state index contributed by atoms with van der Waals surface area (Å²) in [5, 5.41) is 5.98. The lowest BCUT2D eigenvalue weighted by Gasteiger charge is -2.44. The van der Waals surface area contributed by atoms with Crippen LogP contribution in [0, 0.1) is 6.92 Å². The molecular formula is C28H35N5O3. The van der Waals surface area contributed by atoms with Gasteiger partial charge in [0.1, 0.15) is 11.2 Å². The molecule has 190 valence electrons.